The maximum Gasteiger partial charge on any atom is 0.122 e. The van der Waals surface area contributed by atoms with Gasteiger partial charge in [0.1, 0.15) is 11.5 Å². The Bertz CT molecular complexity index is 368. The molecule has 0 saturated heterocycles. The first-order chi connectivity index (χ1) is 8.00. The van der Waals surface area contributed by atoms with E-state index in [1.807, 2.05) is 13.0 Å². The number of hydrogen-bond acceptors (Lipinski definition) is 3. The Labute approximate surface area is 104 Å². The van der Waals surface area contributed by atoms with Gasteiger partial charge in [0.15, 0.2) is 0 Å². The molecule has 1 aliphatic rings. The maximum atomic E-state index is 6.14. The molecule has 3 nitrogen and oxygen atoms in total. The summed E-state index contributed by atoms with van der Waals surface area (Å²) in [6, 6.07) is 4.90. The van der Waals surface area contributed by atoms with Gasteiger partial charge in [-0.15, -0.1) is 0 Å². The van der Waals surface area contributed by atoms with E-state index in [2.05, 4.69) is 31.9 Å². The fourth-order valence-electron chi connectivity index (χ4n) is 2.61. The molecule has 3 atom stereocenters. The molecular formula is C14H24N2O. The molecule has 0 amide bonds. The third-order valence-electron chi connectivity index (χ3n) is 3.94. The van der Waals surface area contributed by atoms with Crippen molar-refractivity contribution in [2.45, 2.75) is 51.7 Å². The lowest BCUT2D eigenvalue weighted by molar-refractivity contribution is 0.131. The summed E-state index contributed by atoms with van der Waals surface area (Å²) in [4.78, 5) is 2.38. The molecule has 1 heterocycles. The molecule has 1 aliphatic carbocycles. The van der Waals surface area contributed by atoms with Crippen molar-refractivity contribution in [3.8, 4) is 0 Å². The average Bonchev–Trinajstić information content (AvgIpc) is 3.02. The Balaban J connectivity index is 2.16. The number of furan rings is 1. The molecule has 1 aromatic rings. The van der Waals surface area contributed by atoms with E-state index >= 15 is 0 Å². The zero-order valence-corrected chi connectivity index (χ0v) is 11.3. The van der Waals surface area contributed by atoms with Crippen LogP contribution in [0.5, 0.6) is 0 Å². The van der Waals surface area contributed by atoms with Gasteiger partial charge in [-0.3, -0.25) is 4.90 Å². The molecule has 0 radical (unpaired) electrons. The number of hydrogen-bond donors (Lipinski definition) is 1. The largest absolute Gasteiger partial charge is 0.465 e. The topological polar surface area (TPSA) is 42.4 Å². The van der Waals surface area contributed by atoms with Gasteiger partial charge in [0.25, 0.3) is 0 Å². The van der Waals surface area contributed by atoms with E-state index in [9.17, 15) is 0 Å². The molecule has 0 spiro atoms. The molecule has 0 aromatic carbocycles. The van der Waals surface area contributed by atoms with Gasteiger partial charge in [0, 0.05) is 12.1 Å². The Morgan fingerprint density at radius 2 is 2.00 bits per heavy atom. The second-order valence-corrected chi connectivity index (χ2v) is 5.50. The van der Waals surface area contributed by atoms with Crippen LogP contribution in [0.1, 0.15) is 44.3 Å². The lowest BCUT2D eigenvalue weighted by atomic mass is 10.0. The van der Waals surface area contributed by atoms with Gasteiger partial charge in [-0.1, -0.05) is 0 Å². The van der Waals surface area contributed by atoms with Crippen molar-refractivity contribution in [2.24, 2.45) is 11.7 Å². The smallest absolute Gasteiger partial charge is 0.122 e. The van der Waals surface area contributed by atoms with Crippen LogP contribution in [0.3, 0.4) is 0 Å². The highest BCUT2D eigenvalue weighted by Crippen LogP contribution is 2.38. The first kappa shape index (κ1) is 12.7. The minimum absolute atomic E-state index is 0.0757. The molecule has 2 N–H and O–H groups in total. The minimum Gasteiger partial charge on any atom is -0.465 e. The van der Waals surface area contributed by atoms with Gasteiger partial charge < -0.3 is 10.2 Å². The summed E-state index contributed by atoms with van der Waals surface area (Å²) < 4.78 is 5.76. The second-order valence-electron chi connectivity index (χ2n) is 5.50. The van der Waals surface area contributed by atoms with Crippen molar-refractivity contribution < 1.29 is 4.42 Å². The van der Waals surface area contributed by atoms with Crippen LogP contribution < -0.4 is 5.73 Å². The Hall–Kier alpha value is -0.800. The SMILES string of the molecule is Cc1ccc(C(C(C)N)N(C)C(C)C2CC2)o1. The molecule has 17 heavy (non-hydrogen) atoms. The van der Waals surface area contributed by atoms with Gasteiger partial charge in [-0.05, 0) is 58.7 Å². The third kappa shape index (κ3) is 2.72. The standard InChI is InChI=1S/C14H24N2O/c1-9-5-8-13(17-9)14(10(2)15)16(4)11(3)12-6-7-12/h5,8,10-12,14H,6-7,15H2,1-4H3. The second kappa shape index (κ2) is 4.83. The fourth-order valence-corrected chi connectivity index (χ4v) is 2.61. The van der Waals surface area contributed by atoms with E-state index in [1.54, 1.807) is 0 Å². The molecule has 96 valence electrons. The molecule has 1 aromatic heterocycles. The Kier molecular flexibility index (Phi) is 3.59. The van der Waals surface area contributed by atoms with Crippen molar-refractivity contribution in [3.63, 3.8) is 0 Å². The van der Waals surface area contributed by atoms with Crippen molar-refractivity contribution >= 4 is 0 Å². The van der Waals surface area contributed by atoms with Crippen molar-refractivity contribution in [1.82, 2.24) is 4.90 Å². The first-order valence-corrected chi connectivity index (χ1v) is 6.54. The van der Waals surface area contributed by atoms with Crippen LogP contribution in [-0.4, -0.2) is 24.0 Å². The van der Waals surface area contributed by atoms with E-state index in [-0.39, 0.29) is 12.1 Å². The molecule has 0 bridgehead atoms. The van der Waals surface area contributed by atoms with Crippen molar-refractivity contribution in [1.29, 1.82) is 0 Å². The zero-order chi connectivity index (χ0) is 12.6. The lowest BCUT2D eigenvalue weighted by Crippen LogP contribution is -2.42. The highest BCUT2D eigenvalue weighted by molar-refractivity contribution is 5.12. The van der Waals surface area contributed by atoms with Gasteiger partial charge in [0.2, 0.25) is 0 Å². The van der Waals surface area contributed by atoms with E-state index in [4.69, 9.17) is 10.2 Å². The molecule has 3 heteroatoms. The predicted molar refractivity (Wildman–Crippen MR) is 69.8 cm³/mol. The summed E-state index contributed by atoms with van der Waals surface area (Å²) in [6.45, 7) is 6.33. The summed E-state index contributed by atoms with van der Waals surface area (Å²) in [5, 5.41) is 0. The highest BCUT2D eigenvalue weighted by atomic mass is 16.3. The lowest BCUT2D eigenvalue weighted by Gasteiger charge is -2.34. The average molecular weight is 236 g/mol. The minimum atomic E-state index is 0.0757. The van der Waals surface area contributed by atoms with Crippen LogP contribution in [0.15, 0.2) is 16.5 Å². The summed E-state index contributed by atoms with van der Waals surface area (Å²) in [6.07, 6.45) is 2.71. The van der Waals surface area contributed by atoms with Crippen LogP contribution >= 0.6 is 0 Å². The molecule has 2 rings (SSSR count). The van der Waals surface area contributed by atoms with Gasteiger partial charge >= 0.3 is 0 Å². The Morgan fingerprint density at radius 1 is 1.35 bits per heavy atom. The summed E-state index contributed by atoms with van der Waals surface area (Å²) in [5.74, 6) is 2.79. The molecule has 1 saturated carbocycles. The quantitative estimate of drug-likeness (QED) is 0.854. The van der Waals surface area contributed by atoms with E-state index in [1.165, 1.54) is 12.8 Å². The van der Waals surface area contributed by atoms with Crippen LogP contribution in [0.4, 0.5) is 0 Å². The van der Waals surface area contributed by atoms with Crippen LogP contribution in [0, 0.1) is 12.8 Å². The number of nitrogens with zero attached hydrogens (tertiary/aromatic N) is 1. The van der Waals surface area contributed by atoms with Crippen molar-refractivity contribution in [3.05, 3.63) is 23.7 Å². The zero-order valence-electron chi connectivity index (χ0n) is 11.3. The van der Waals surface area contributed by atoms with Crippen LogP contribution in [-0.2, 0) is 0 Å². The number of rotatable bonds is 5. The molecule has 3 unspecified atom stereocenters. The van der Waals surface area contributed by atoms with Gasteiger partial charge in [-0.25, -0.2) is 0 Å². The summed E-state index contributed by atoms with van der Waals surface area (Å²) >= 11 is 0. The summed E-state index contributed by atoms with van der Waals surface area (Å²) in [5.41, 5.74) is 6.14. The Morgan fingerprint density at radius 3 is 2.41 bits per heavy atom. The predicted octanol–water partition coefficient (Wildman–Crippen LogP) is 2.71. The number of aryl methyl sites for hydroxylation is 1. The van der Waals surface area contributed by atoms with E-state index < -0.39 is 0 Å². The van der Waals surface area contributed by atoms with E-state index in [0.29, 0.717) is 6.04 Å². The van der Waals surface area contributed by atoms with Gasteiger partial charge in [0.05, 0.1) is 6.04 Å². The van der Waals surface area contributed by atoms with Crippen molar-refractivity contribution in [2.75, 3.05) is 7.05 Å². The normalized spacial score (nSPS) is 21.5. The van der Waals surface area contributed by atoms with Crippen LogP contribution in [0.2, 0.25) is 0 Å². The highest BCUT2D eigenvalue weighted by Gasteiger charge is 2.35. The molecule has 0 aliphatic heterocycles. The third-order valence-corrected chi connectivity index (χ3v) is 3.94. The van der Waals surface area contributed by atoms with E-state index in [0.717, 1.165) is 17.4 Å². The number of likely N-dealkylation sites (N-methyl/N-ethyl adjacent to an activating group) is 1. The van der Waals surface area contributed by atoms with Crippen LogP contribution in [0.25, 0.3) is 0 Å². The molecular weight excluding hydrogens is 212 g/mol. The summed E-state index contributed by atoms with van der Waals surface area (Å²) in [7, 11) is 2.16. The first-order valence-electron chi connectivity index (χ1n) is 6.54. The molecule has 1 fully saturated rings. The number of nitrogens with two attached hydrogens (primary N) is 1. The van der Waals surface area contributed by atoms with Gasteiger partial charge in [-0.2, -0.15) is 0 Å². The fraction of sp³-hybridized carbons (Fsp3) is 0.714. The maximum absolute atomic E-state index is 6.14. The monoisotopic (exact) mass is 236 g/mol.